The van der Waals surface area contributed by atoms with Gasteiger partial charge in [-0.15, -0.1) is 0 Å². The Hall–Kier alpha value is -3.40. The molecule has 5 N–H and O–H groups in total. The quantitative estimate of drug-likeness (QED) is 0.434. The number of pyridine rings is 1. The lowest BCUT2D eigenvalue weighted by atomic mass is 10.0. The van der Waals surface area contributed by atoms with E-state index in [4.69, 9.17) is 21.3 Å². The zero-order valence-electron chi connectivity index (χ0n) is 18.4. The number of anilines is 2. The van der Waals surface area contributed by atoms with E-state index in [-0.39, 0.29) is 36.4 Å². The molecule has 0 aliphatic carbocycles. The van der Waals surface area contributed by atoms with Gasteiger partial charge in [0.15, 0.2) is 11.6 Å². The van der Waals surface area contributed by atoms with Crippen LogP contribution in [0.2, 0.25) is 0 Å². The summed E-state index contributed by atoms with van der Waals surface area (Å²) < 4.78 is 5.44. The van der Waals surface area contributed by atoms with E-state index in [0.29, 0.717) is 25.3 Å². The highest BCUT2D eigenvalue weighted by Crippen LogP contribution is 2.24. The number of aliphatic hydroxyl groups is 1. The van der Waals surface area contributed by atoms with Crippen LogP contribution in [0, 0.1) is 0 Å². The molecule has 0 unspecified atom stereocenters. The number of aliphatic hydroxyl groups excluding tert-OH is 1. The van der Waals surface area contributed by atoms with Crippen molar-refractivity contribution < 1.29 is 14.6 Å². The number of benzene rings is 1. The van der Waals surface area contributed by atoms with Gasteiger partial charge in [0, 0.05) is 54.8 Å². The average molecular weight is 449 g/mol. The SMILES string of the molecule is Nc1ncc(-c2ccc(C[C@@H](N)CO)cc2)nc1C(=O)Cc1cnccc1N1CCOCC1. The van der Waals surface area contributed by atoms with Crippen molar-refractivity contribution in [2.45, 2.75) is 18.9 Å². The van der Waals surface area contributed by atoms with Gasteiger partial charge >= 0.3 is 0 Å². The van der Waals surface area contributed by atoms with Crippen LogP contribution in [0.5, 0.6) is 0 Å². The molecule has 1 aliphatic rings. The van der Waals surface area contributed by atoms with E-state index >= 15 is 0 Å². The maximum Gasteiger partial charge on any atom is 0.189 e. The number of carbonyl (C=O) groups excluding carboxylic acids is 1. The maximum atomic E-state index is 13.2. The summed E-state index contributed by atoms with van der Waals surface area (Å²) in [6.45, 7) is 2.77. The minimum absolute atomic E-state index is 0.0686. The number of morpholine rings is 1. The molecule has 2 aromatic heterocycles. The number of ketones is 1. The number of nitrogens with two attached hydrogens (primary N) is 2. The molecular formula is C24H28N6O3. The molecular weight excluding hydrogens is 420 g/mol. The van der Waals surface area contributed by atoms with Crippen molar-refractivity contribution in [2.24, 2.45) is 5.73 Å². The largest absolute Gasteiger partial charge is 0.395 e. The summed E-state index contributed by atoms with van der Waals surface area (Å²) in [6, 6.07) is 9.26. The van der Waals surface area contributed by atoms with Crippen LogP contribution in [0.15, 0.2) is 48.9 Å². The van der Waals surface area contributed by atoms with E-state index in [1.54, 1.807) is 18.6 Å². The molecule has 1 atom stereocenters. The predicted molar refractivity (Wildman–Crippen MR) is 126 cm³/mol. The minimum atomic E-state index is -0.300. The molecule has 4 rings (SSSR count). The molecule has 9 heteroatoms. The number of carbonyl (C=O) groups is 1. The molecule has 0 saturated carbocycles. The van der Waals surface area contributed by atoms with Crippen LogP contribution in [0.1, 0.15) is 21.6 Å². The molecule has 1 aromatic carbocycles. The van der Waals surface area contributed by atoms with Gasteiger partial charge in [0.2, 0.25) is 0 Å². The summed E-state index contributed by atoms with van der Waals surface area (Å²) in [5.41, 5.74) is 16.2. The second-order valence-electron chi connectivity index (χ2n) is 8.04. The van der Waals surface area contributed by atoms with Gasteiger partial charge < -0.3 is 26.2 Å². The maximum absolute atomic E-state index is 13.2. The third-order valence-corrected chi connectivity index (χ3v) is 5.63. The van der Waals surface area contributed by atoms with Gasteiger partial charge in [0.1, 0.15) is 5.69 Å². The lowest BCUT2D eigenvalue weighted by Gasteiger charge is -2.30. The first-order valence-electron chi connectivity index (χ1n) is 10.9. The fourth-order valence-corrected chi connectivity index (χ4v) is 3.85. The van der Waals surface area contributed by atoms with Gasteiger partial charge in [-0.1, -0.05) is 24.3 Å². The van der Waals surface area contributed by atoms with Crippen LogP contribution >= 0.6 is 0 Å². The zero-order valence-corrected chi connectivity index (χ0v) is 18.4. The van der Waals surface area contributed by atoms with Gasteiger partial charge in [-0.2, -0.15) is 0 Å². The van der Waals surface area contributed by atoms with Crippen molar-refractivity contribution >= 4 is 17.3 Å². The second kappa shape index (κ2) is 10.5. The van der Waals surface area contributed by atoms with Crippen LogP contribution < -0.4 is 16.4 Å². The lowest BCUT2D eigenvalue weighted by molar-refractivity contribution is 0.0988. The van der Waals surface area contributed by atoms with Gasteiger partial charge in [0.05, 0.1) is 31.7 Å². The molecule has 9 nitrogen and oxygen atoms in total. The minimum Gasteiger partial charge on any atom is -0.395 e. The summed E-state index contributed by atoms with van der Waals surface area (Å²) in [4.78, 5) is 28.3. The number of hydrogen-bond donors (Lipinski definition) is 3. The third kappa shape index (κ3) is 5.51. The van der Waals surface area contributed by atoms with E-state index in [1.807, 2.05) is 30.3 Å². The number of aromatic nitrogens is 3. The predicted octanol–water partition coefficient (Wildman–Crippen LogP) is 1.24. The summed E-state index contributed by atoms with van der Waals surface area (Å²) in [5, 5.41) is 9.13. The van der Waals surface area contributed by atoms with Crippen molar-refractivity contribution in [1.82, 2.24) is 15.0 Å². The van der Waals surface area contributed by atoms with E-state index in [2.05, 4.69) is 19.9 Å². The van der Waals surface area contributed by atoms with Gasteiger partial charge in [-0.05, 0) is 18.1 Å². The molecule has 1 saturated heterocycles. The van der Waals surface area contributed by atoms with E-state index < -0.39 is 0 Å². The Kier molecular flexibility index (Phi) is 7.23. The van der Waals surface area contributed by atoms with Crippen molar-refractivity contribution in [2.75, 3.05) is 43.5 Å². The number of rotatable bonds is 8. The Balaban J connectivity index is 1.54. The summed E-state index contributed by atoms with van der Waals surface area (Å²) in [6.07, 6.45) is 5.70. The first-order valence-corrected chi connectivity index (χ1v) is 10.9. The van der Waals surface area contributed by atoms with E-state index in [1.165, 1.54) is 0 Å². The molecule has 3 heterocycles. The Morgan fingerprint density at radius 2 is 1.91 bits per heavy atom. The molecule has 33 heavy (non-hydrogen) atoms. The highest BCUT2D eigenvalue weighted by atomic mass is 16.5. The van der Waals surface area contributed by atoms with Gasteiger partial charge in [-0.3, -0.25) is 9.78 Å². The molecule has 1 fully saturated rings. The van der Waals surface area contributed by atoms with Gasteiger partial charge in [0.25, 0.3) is 0 Å². The standard InChI is InChI=1S/C24H28N6O3/c25-19(15-31)11-16-1-3-17(4-2-16)20-14-28-24(26)23(29-20)22(32)12-18-13-27-6-5-21(18)30-7-9-33-10-8-30/h1-6,13-14,19,31H,7-12,15,25H2,(H2,26,28)/t19-/m1/s1. The fraction of sp³-hybridized carbons (Fsp3) is 0.333. The number of hydrogen-bond acceptors (Lipinski definition) is 9. The van der Waals surface area contributed by atoms with Crippen LogP contribution in [-0.4, -0.2) is 64.8 Å². The third-order valence-electron chi connectivity index (χ3n) is 5.63. The monoisotopic (exact) mass is 448 g/mol. The molecule has 0 radical (unpaired) electrons. The number of nitrogen functional groups attached to an aromatic ring is 1. The average Bonchev–Trinajstić information content (AvgIpc) is 2.85. The highest BCUT2D eigenvalue weighted by molar-refractivity contribution is 6.00. The zero-order chi connectivity index (χ0) is 23.2. The smallest absolute Gasteiger partial charge is 0.189 e. The topological polar surface area (TPSA) is 140 Å². The van der Waals surface area contributed by atoms with Gasteiger partial charge in [-0.25, -0.2) is 9.97 Å². The number of nitrogens with zero attached hydrogens (tertiary/aromatic N) is 4. The Morgan fingerprint density at radius 1 is 1.15 bits per heavy atom. The summed E-state index contributed by atoms with van der Waals surface area (Å²) >= 11 is 0. The van der Waals surface area contributed by atoms with Crippen LogP contribution in [-0.2, 0) is 17.6 Å². The number of Topliss-reactive ketones (excluding diaryl/α,β-unsaturated/α-hetero) is 1. The molecule has 1 aliphatic heterocycles. The molecule has 0 amide bonds. The van der Waals surface area contributed by atoms with E-state index in [9.17, 15) is 4.79 Å². The van der Waals surface area contributed by atoms with Crippen molar-refractivity contribution in [3.63, 3.8) is 0 Å². The van der Waals surface area contributed by atoms with Crippen molar-refractivity contribution in [3.05, 3.63) is 65.7 Å². The second-order valence-corrected chi connectivity index (χ2v) is 8.04. The first kappa shape index (κ1) is 22.8. The van der Waals surface area contributed by atoms with Crippen LogP contribution in [0.3, 0.4) is 0 Å². The first-order chi connectivity index (χ1) is 16.0. The molecule has 0 spiro atoms. The van der Waals surface area contributed by atoms with Crippen molar-refractivity contribution in [1.29, 1.82) is 0 Å². The number of ether oxygens (including phenoxy) is 1. The molecule has 3 aromatic rings. The van der Waals surface area contributed by atoms with Crippen molar-refractivity contribution in [3.8, 4) is 11.3 Å². The normalized spacial score (nSPS) is 14.8. The molecule has 0 bridgehead atoms. The fourth-order valence-electron chi connectivity index (χ4n) is 3.85. The van der Waals surface area contributed by atoms with Crippen LogP contribution in [0.4, 0.5) is 11.5 Å². The Morgan fingerprint density at radius 3 is 2.64 bits per heavy atom. The highest BCUT2D eigenvalue weighted by Gasteiger charge is 2.20. The Bertz CT molecular complexity index is 1100. The van der Waals surface area contributed by atoms with Crippen LogP contribution in [0.25, 0.3) is 11.3 Å². The lowest BCUT2D eigenvalue weighted by Crippen LogP contribution is -2.37. The Labute approximate surface area is 192 Å². The molecule has 172 valence electrons. The summed E-state index contributed by atoms with van der Waals surface area (Å²) in [7, 11) is 0. The summed E-state index contributed by atoms with van der Waals surface area (Å²) in [5.74, 6) is -0.110. The van der Waals surface area contributed by atoms with E-state index in [0.717, 1.165) is 35.5 Å².